The zero-order chi connectivity index (χ0) is 15.2. The molecule has 0 fully saturated rings. The third kappa shape index (κ3) is 2.28. The van der Waals surface area contributed by atoms with E-state index in [1.807, 2.05) is 6.07 Å². The van der Waals surface area contributed by atoms with Gasteiger partial charge in [0.05, 0.1) is 21.5 Å². The number of pyridine rings is 1. The average Bonchev–Trinajstić information content (AvgIpc) is 2.42. The van der Waals surface area contributed by atoms with Gasteiger partial charge in [-0.2, -0.15) is 5.26 Å². The van der Waals surface area contributed by atoms with Crippen LogP contribution in [0.5, 0.6) is 5.75 Å². The fraction of sp³-hybridized carbons (Fsp3) is 0.0667. The minimum atomic E-state index is -3.31. The van der Waals surface area contributed by atoms with Gasteiger partial charge in [-0.1, -0.05) is 6.07 Å². The van der Waals surface area contributed by atoms with Crippen molar-refractivity contribution in [3.05, 3.63) is 42.0 Å². The van der Waals surface area contributed by atoms with Crippen molar-refractivity contribution in [2.45, 2.75) is 4.90 Å². The second-order valence-corrected chi connectivity index (χ2v) is 6.81. The fourth-order valence-corrected chi connectivity index (χ4v) is 2.86. The van der Waals surface area contributed by atoms with Gasteiger partial charge in [0.2, 0.25) is 0 Å². The Morgan fingerprint density at radius 2 is 1.90 bits per heavy atom. The Labute approximate surface area is 121 Å². The number of phenols is 1. The largest absolute Gasteiger partial charge is 0.508 e. The Morgan fingerprint density at radius 3 is 2.57 bits per heavy atom. The first-order valence-electron chi connectivity index (χ1n) is 6.06. The Morgan fingerprint density at radius 1 is 1.14 bits per heavy atom. The summed E-state index contributed by atoms with van der Waals surface area (Å²) in [6.07, 6.45) is 1.13. The zero-order valence-corrected chi connectivity index (χ0v) is 11.8. The van der Waals surface area contributed by atoms with Gasteiger partial charge in [-0.15, -0.1) is 0 Å². The van der Waals surface area contributed by atoms with Gasteiger partial charge in [0.1, 0.15) is 11.8 Å². The molecular weight excluding hydrogens is 288 g/mol. The van der Waals surface area contributed by atoms with Crippen molar-refractivity contribution in [1.82, 2.24) is 4.98 Å². The van der Waals surface area contributed by atoms with E-state index < -0.39 is 9.84 Å². The molecule has 5 nitrogen and oxygen atoms in total. The number of aromatic nitrogens is 1. The maximum absolute atomic E-state index is 11.6. The summed E-state index contributed by atoms with van der Waals surface area (Å²) >= 11 is 0. The molecule has 0 saturated carbocycles. The van der Waals surface area contributed by atoms with E-state index in [0.29, 0.717) is 16.4 Å². The highest BCUT2D eigenvalue weighted by Crippen LogP contribution is 2.27. The molecule has 0 aliphatic heterocycles. The van der Waals surface area contributed by atoms with E-state index in [9.17, 15) is 13.5 Å². The highest BCUT2D eigenvalue weighted by atomic mass is 32.2. The predicted octanol–water partition coefficient (Wildman–Crippen LogP) is 2.37. The van der Waals surface area contributed by atoms with E-state index in [-0.39, 0.29) is 16.2 Å². The van der Waals surface area contributed by atoms with Crippen molar-refractivity contribution in [1.29, 1.82) is 5.26 Å². The molecule has 0 bridgehead atoms. The van der Waals surface area contributed by atoms with Crippen molar-refractivity contribution in [3.63, 3.8) is 0 Å². The van der Waals surface area contributed by atoms with E-state index in [1.54, 1.807) is 12.1 Å². The van der Waals surface area contributed by atoms with Crippen molar-refractivity contribution < 1.29 is 13.5 Å². The number of phenolic OH excluding ortho intramolecular Hbond substituents is 1. The minimum absolute atomic E-state index is 0.00652. The summed E-state index contributed by atoms with van der Waals surface area (Å²) in [5, 5.41) is 20.1. The fourth-order valence-electron chi connectivity index (χ4n) is 2.22. The predicted molar refractivity (Wildman–Crippen MR) is 78.7 cm³/mol. The number of rotatable bonds is 1. The number of hydrogen-bond acceptors (Lipinski definition) is 5. The summed E-state index contributed by atoms with van der Waals surface area (Å²) in [7, 11) is -3.31. The molecule has 3 rings (SSSR count). The third-order valence-corrected chi connectivity index (χ3v) is 4.33. The maximum Gasteiger partial charge on any atom is 0.175 e. The zero-order valence-electron chi connectivity index (χ0n) is 11.0. The Balaban J connectivity index is 2.42. The lowest BCUT2D eigenvalue weighted by atomic mass is 10.1. The maximum atomic E-state index is 11.6. The number of hydrogen-bond donors (Lipinski definition) is 1. The number of nitrogens with zero attached hydrogens (tertiary/aromatic N) is 2. The molecule has 0 radical (unpaired) electrons. The van der Waals surface area contributed by atoms with E-state index in [1.165, 1.54) is 24.3 Å². The van der Waals surface area contributed by atoms with Crippen molar-refractivity contribution in [3.8, 4) is 11.8 Å². The van der Waals surface area contributed by atoms with Gasteiger partial charge in [0.25, 0.3) is 0 Å². The summed E-state index contributed by atoms with van der Waals surface area (Å²) < 4.78 is 23.2. The monoisotopic (exact) mass is 298 g/mol. The van der Waals surface area contributed by atoms with Crippen molar-refractivity contribution in [2.75, 3.05) is 6.26 Å². The first-order chi connectivity index (χ1) is 9.88. The standard InChI is InChI=1S/C15H10N2O3S/c1-21(19,20)13-3-2-9-4-10-5-12(18)6-11(8-16)15(10)17-14(9)7-13/h2-7,18H,1H3. The number of benzene rings is 2. The van der Waals surface area contributed by atoms with Crippen LogP contribution in [0.15, 0.2) is 41.3 Å². The molecule has 0 amide bonds. The lowest BCUT2D eigenvalue weighted by molar-refractivity contribution is 0.476. The van der Waals surface area contributed by atoms with Crippen LogP contribution in [0.2, 0.25) is 0 Å². The van der Waals surface area contributed by atoms with Gasteiger partial charge in [-0.05, 0) is 30.3 Å². The minimum Gasteiger partial charge on any atom is -0.508 e. The first-order valence-corrected chi connectivity index (χ1v) is 7.95. The van der Waals surface area contributed by atoms with Crippen LogP contribution in [0.3, 0.4) is 0 Å². The summed E-state index contributed by atoms with van der Waals surface area (Å²) in [6.45, 7) is 0. The molecule has 0 aliphatic carbocycles. The van der Waals surface area contributed by atoms with E-state index in [4.69, 9.17) is 5.26 Å². The molecule has 0 saturated heterocycles. The smallest absolute Gasteiger partial charge is 0.175 e. The van der Waals surface area contributed by atoms with Gasteiger partial charge >= 0.3 is 0 Å². The second kappa shape index (κ2) is 4.43. The second-order valence-electron chi connectivity index (χ2n) is 4.79. The SMILES string of the molecule is CS(=O)(=O)c1ccc2cc3cc(O)cc(C#N)c3nc2c1. The van der Waals surface area contributed by atoms with E-state index in [0.717, 1.165) is 11.6 Å². The molecule has 0 unspecified atom stereocenters. The number of sulfone groups is 1. The summed E-state index contributed by atoms with van der Waals surface area (Å²) in [5.74, 6) is -0.00652. The van der Waals surface area contributed by atoms with Gasteiger partial charge < -0.3 is 5.11 Å². The van der Waals surface area contributed by atoms with Crippen LogP contribution < -0.4 is 0 Å². The molecule has 1 heterocycles. The van der Waals surface area contributed by atoms with Gasteiger partial charge in [-0.25, -0.2) is 13.4 Å². The van der Waals surface area contributed by atoms with Gasteiger partial charge in [0, 0.05) is 17.0 Å². The lowest BCUT2D eigenvalue weighted by Crippen LogP contribution is -1.97. The topological polar surface area (TPSA) is 91.0 Å². The molecular formula is C15H10N2O3S. The van der Waals surface area contributed by atoms with Crippen LogP contribution in [-0.4, -0.2) is 24.8 Å². The lowest BCUT2D eigenvalue weighted by Gasteiger charge is -2.05. The van der Waals surface area contributed by atoms with Crippen molar-refractivity contribution in [2.24, 2.45) is 0 Å². The molecule has 3 aromatic rings. The molecule has 1 aromatic heterocycles. The van der Waals surface area contributed by atoms with Crippen LogP contribution in [0, 0.1) is 11.3 Å². The quantitative estimate of drug-likeness (QED) is 0.696. The molecule has 21 heavy (non-hydrogen) atoms. The van der Waals surface area contributed by atoms with Crippen LogP contribution in [-0.2, 0) is 9.84 Å². The molecule has 1 N–H and O–H groups in total. The van der Waals surface area contributed by atoms with E-state index in [2.05, 4.69) is 4.98 Å². The highest BCUT2D eigenvalue weighted by molar-refractivity contribution is 7.90. The average molecular weight is 298 g/mol. The summed E-state index contributed by atoms with van der Waals surface area (Å²) in [6, 6.07) is 11.3. The third-order valence-electron chi connectivity index (χ3n) is 3.22. The van der Waals surface area contributed by atoms with Crippen molar-refractivity contribution >= 4 is 31.6 Å². The number of aromatic hydroxyl groups is 1. The Bertz CT molecular complexity index is 1030. The molecule has 0 atom stereocenters. The normalized spacial score (nSPS) is 11.6. The van der Waals surface area contributed by atoms with Crippen LogP contribution in [0.1, 0.15) is 5.56 Å². The molecule has 0 aliphatic rings. The molecule has 104 valence electrons. The van der Waals surface area contributed by atoms with E-state index >= 15 is 0 Å². The van der Waals surface area contributed by atoms with Gasteiger partial charge in [0.15, 0.2) is 9.84 Å². The first kappa shape index (κ1) is 13.3. The Kier molecular flexibility index (Phi) is 2.81. The van der Waals surface area contributed by atoms with Crippen LogP contribution in [0.25, 0.3) is 21.8 Å². The summed E-state index contributed by atoms with van der Waals surface area (Å²) in [4.78, 5) is 4.55. The molecule has 0 spiro atoms. The molecule has 6 heteroatoms. The van der Waals surface area contributed by atoms with Crippen LogP contribution in [0.4, 0.5) is 0 Å². The van der Waals surface area contributed by atoms with Crippen LogP contribution >= 0.6 is 0 Å². The molecule has 2 aromatic carbocycles. The number of fused-ring (bicyclic) bond motifs is 2. The Hall–Kier alpha value is -2.65. The number of nitriles is 1. The highest BCUT2D eigenvalue weighted by Gasteiger charge is 2.11. The summed E-state index contributed by atoms with van der Waals surface area (Å²) in [5.41, 5.74) is 1.18. The van der Waals surface area contributed by atoms with Gasteiger partial charge in [-0.3, -0.25) is 0 Å².